The molecule has 1 saturated carbocycles. The van der Waals surface area contributed by atoms with Crippen LogP contribution in [0.15, 0.2) is 16.6 Å². The molecule has 16 heavy (non-hydrogen) atoms. The zero-order valence-electron chi connectivity index (χ0n) is 9.55. The van der Waals surface area contributed by atoms with E-state index in [1.165, 1.54) is 6.42 Å². The van der Waals surface area contributed by atoms with Crippen molar-refractivity contribution in [3.8, 4) is 11.5 Å². The van der Waals surface area contributed by atoms with E-state index < -0.39 is 0 Å². The van der Waals surface area contributed by atoms with Crippen LogP contribution < -0.4 is 15.2 Å². The lowest BCUT2D eigenvalue weighted by molar-refractivity contribution is 0.243. The van der Waals surface area contributed by atoms with Gasteiger partial charge in [0.2, 0.25) is 0 Å². The zero-order chi connectivity index (χ0) is 11.8. The number of hydrogen-bond donors (Lipinski definition) is 1. The second kappa shape index (κ2) is 4.26. The summed E-state index contributed by atoms with van der Waals surface area (Å²) in [6.45, 7) is 0. The molecule has 1 aliphatic carbocycles. The summed E-state index contributed by atoms with van der Waals surface area (Å²) in [5, 5.41) is 0. The molecule has 0 saturated heterocycles. The maximum absolute atomic E-state index is 6.32. The number of rotatable bonds is 3. The normalized spacial score (nSPS) is 17.8. The number of ether oxygens (including phenoxy) is 2. The number of methoxy groups -OCH3 is 2. The topological polar surface area (TPSA) is 44.5 Å². The molecule has 1 aliphatic rings. The first-order valence-corrected chi connectivity index (χ1v) is 6.11. The molecule has 0 amide bonds. The van der Waals surface area contributed by atoms with Gasteiger partial charge >= 0.3 is 0 Å². The molecule has 88 valence electrons. The average Bonchev–Trinajstić information content (AvgIpc) is 2.25. The lowest BCUT2D eigenvalue weighted by Crippen LogP contribution is -2.43. The average molecular weight is 286 g/mol. The van der Waals surface area contributed by atoms with Crippen LogP contribution in [-0.4, -0.2) is 14.2 Å². The molecular formula is C12H16BrNO2. The fourth-order valence-corrected chi connectivity index (χ4v) is 2.58. The first-order valence-electron chi connectivity index (χ1n) is 5.31. The van der Waals surface area contributed by atoms with Crippen LogP contribution in [0, 0.1) is 0 Å². The SMILES string of the molecule is COc1cc(OC)c(C2(N)CCC2)cc1Br. The molecule has 0 aliphatic heterocycles. The van der Waals surface area contributed by atoms with Gasteiger partial charge in [-0.25, -0.2) is 0 Å². The van der Waals surface area contributed by atoms with Gasteiger partial charge in [-0.2, -0.15) is 0 Å². The summed E-state index contributed by atoms with van der Waals surface area (Å²) >= 11 is 3.48. The minimum atomic E-state index is -0.222. The third-order valence-corrected chi connectivity index (χ3v) is 3.88. The van der Waals surface area contributed by atoms with Gasteiger partial charge in [0.1, 0.15) is 11.5 Å². The monoisotopic (exact) mass is 285 g/mol. The Kier molecular flexibility index (Phi) is 3.13. The van der Waals surface area contributed by atoms with Crippen LogP contribution in [0.2, 0.25) is 0 Å². The molecule has 0 heterocycles. The predicted octanol–water partition coefficient (Wildman–Crippen LogP) is 2.80. The van der Waals surface area contributed by atoms with E-state index in [1.54, 1.807) is 14.2 Å². The highest BCUT2D eigenvalue weighted by atomic mass is 79.9. The molecule has 2 N–H and O–H groups in total. The third-order valence-electron chi connectivity index (χ3n) is 3.26. The molecule has 0 unspecified atom stereocenters. The Morgan fingerprint density at radius 3 is 2.25 bits per heavy atom. The quantitative estimate of drug-likeness (QED) is 0.929. The van der Waals surface area contributed by atoms with Crippen LogP contribution in [0.3, 0.4) is 0 Å². The highest BCUT2D eigenvalue weighted by Gasteiger charge is 2.37. The van der Waals surface area contributed by atoms with Crippen LogP contribution in [0.4, 0.5) is 0 Å². The van der Waals surface area contributed by atoms with Gasteiger partial charge in [0.25, 0.3) is 0 Å². The maximum Gasteiger partial charge on any atom is 0.136 e. The van der Waals surface area contributed by atoms with Gasteiger partial charge in [-0.15, -0.1) is 0 Å². The maximum atomic E-state index is 6.32. The second-order valence-electron chi connectivity index (χ2n) is 4.20. The summed E-state index contributed by atoms with van der Waals surface area (Å²) < 4.78 is 11.5. The Hall–Kier alpha value is -0.740. The van der Waals surface area contributed by atoms with E-state index >= 15 is 0 Å². The van der Waals surface area contributed by atoms with Gasteiger partial charge in [0, 0.05) is 17.2 Å². The Balaban J connectivity index is 2.48. The van der Waals surface area contributed by atoms with Crippen LogP contribution in [0.5, 0.6) is 11.5 Å². The number of hydrogen-bond acceptors (Lipinski definition) is 3. The van der Waals surface area contributed by atoms with E-state index in [0.717, 1.165) is 34.4 Å². The Labute approximate surface area is 104 Å². The Morgan fingerprint density at radius 2 is 1.81 bits per heavy atom. The molecule has 1 fully saturated rings. The van der Waals surface area contributed by atoms with Gasteiger partial charge in [-0.05, 0) is 41.3 Å². The summed E-state index contributed by atoms with van der Waals surface area (Å²) in [6, 6.07) is 3.89. The first kappa shape index (κ1) is 11.7. The minimum absolute atomic E-state index is 0.222. The van der Waals surface area contributed by atoms with Crippen molar-refractivity contribution in [2.24, 2.45) is 5.73 Å². The predicted molar refractivity (Wildman–Crippen MR) is 67.0 cm³/mol. The fraction of sp³-hybridized carbons (Fsp3) is 0.500. The van der Waals surface area contributed by atoms with Crippen molar-refractivity contribution >= 4 is 15.9 Å². The van der Waals surface area contributed by atoms with E-state index in [1.807, 2.05) is 12.1 Å². The summed E-state index contributed by atoms with van der Waals surface area (Å²) in [7, 11) is 3.30. The number of halogens is 1. The molecule has 4 heteroatoms. The van der Waals surface area contributed by atoms with Crippen LogP contribution in [0.1, 0.15) is 24.8 Å². The molecule has 0 aromatic heterocycles. The number of benzene rings is 1. The highest BCUT2D eigenvalue weighted by Crippen LogP contribution is 2.45. The molecule has 0 atom stereocenters. The molecular weight excluding hydrogens is 270 g/mol. The lowest BCUT2D eigenvalue weighted by Gasteiger charge is -2.39. The van der Waals surface area contributed by atoms with Crippen LogP contribution in [0.25, 0.3) is 0 Å². The molecule has 0 spiro atoms. The molecule has 2 rings (SSSR count). The standard InChI is InChI=1S/C12H16BrNO2/c1-15-10-7-11(16-2)9(13)6-8(10)12(14)4-3-5-12/h6-7H,3-5,14H2,1-2H3. The summed E-state index contributed by atoms with van der Waals surface area (Å²) in [4.78, 5) is 0. The van der Waals surface area contributed by atoms with Crippen LogP contribution >= 0.6 is 15.9 Å². The smallest absolute Gasteiger partial charge is 0.136 e. The summed E-state index contributed by atoms with van der Waals surface area (Å²) in [5.41, 5.74) is 7.16. The van der Waals surface area contributed by atoms with Crippen LogP contribution in [-0.2, 0) is 5.54 Å². The Morgan fingerprint density at radius 1 is 1.19 bits per heavy atom. The molecule has 1 aromatic rings. The fourth-order valence-electron chi connectivity index (χ4n) is 2.08. The van der Waals surface area contributed by atoms with E-state index in [-0.39, 0.29) is 5.54 Å². The van der Waals surface area contributed by atoms with Crippen molar-refractivity contribution in [1.82, 2.24) is 0 Å². The molecule has 0 radical (unpaired) electrons. The van der Waals surface area contributed by atoms with Gasteiger partial charge in [0.05, 0.1) is 18.7 Å². The molecule has 1 aromatic carbocycles. The Bertz CT molecular complexity index is 402. The van der Waals surface area contributed by atoms with Gasteiger partial charge < -0.3 is 15.2 Å². The van der Waals surface area contributed by atoms with E-state index in [9.17, 15) is 0 Å². The molecule has 0 bridgehead atoms. The van der Waals surface area contributed by atoms with Crippen molar-refractivity contribution in [3.05, 3.63) is 22.2 Å². The van der Waals surface area contributed by atoms with Crippen molar-refractivity contribution in [3.63, 3.8) is 0 Å². The summed E-state index contributed by atoms with van der Waals surface area (Å²) in [6.07, 6.45) is 3.22. The molecule has 3 nitrogen and oxygen atoms in total. The highest BCUT2D eigenvalue weighted by molar-refractivity contribution is 9.10. The van der Waals surface area contributed by atoms with Gasteiger partial charge in [0.15, 0.2) is 0 Å². The number of nitrogens with two attached hydrogens (primary N) is 1. The third kappa shape index (κ3) is 1.80. The van der Waals surface area contributed by atoms with Crippen molar-refractivity contribution in [2.45, 2.75) is 24.8 Å². The minimum Gasteiger partial charge on any atom is -0.496 e. The van der Waals surface area contributed by atoms with Gasteiger partial charge in [-0.3, -0.25) is 0 Å². The van der Waals surface area contributed by atoms with E-state index in [0.29, 0.717) is 0 Å². The van der Waals surface area contributed by atoms with Crippen molar-refractivity contribution in [1.29, 1.82) is 0 Å². The second-order valence-corrected chi connectivity index (χ2v) is 5.05. The van der Waals surface area contributed by atoms with Gasteiger partial charge in [-0.1, -0.05) is 0 Å². The first-order chi connectivity index (χ1) is 7.60. The van der Waals surface area contributed by atoms with E-state index in [2.05, 4.69) is 15.9 Å². The zero-order valence-corrected chi connectivity index (χ0v) is 11.1. The van der Waals surface area contributed by atoms with Crippen molar-refractivity contribution < 1.29 is 9.47 Å². The van der Waals surface area contributed by atoms with Crippen molar-refractivity contribution in [2.75, 3.05) is 14.2 Å². The largest absolute Gasteiger partial charge is 0.496 e. The lowest BCUT2D eigenvalue weighted by atomic mass is 9.72. The summed E-state index contributed by atoms with van der Waals surface area (Å²) in [5.74, 6) is 1.57. The van der Waals surface area contributed by atoms with E-state index in [4.69, 9.17) is 15.2 Å².